The molecule has 2 aromatic rings. The van der Waals surface area contributed by atoms with Gasteiger partial charge < -0.3 is 14.6 Å². The van der Waals surface area contributed by atoms with E-state index in [-0.39, 0.29) is 16.3 Å². The molecule has 1 aromatic carbocycles. The summed E-state index contributed by atoms with van der Waals surface area (Å²) < 4.78 is 32.9. The number of benzene rings is 1. The lowest BCUT2D eigenvalue weighted by atomic mass is 10.1. The number of rotatable bonds is 5. The Bertz CT molecular complexity index is 919. The Morgan fingerprint density at radius 1 is 1.28 bits per heavy atom. The van der Waals surface area contributed by atoms with Crippen LogP contribution < -0.4 is 10.5 Å². The first-order valence-corrected chi connectivity index (χ1v) is 8.71. The minimum Gasteiger partial charge on any atom is -0.449 e. The van der Waals surface area contributed by atoms with Crippen molar-refractivity contribution in [3.05, 3.63) is 41.2 Å². The molecule has 1 atom stereocenters. The summed E-state index contributed by atoms with van der Waals surface area (Å²) in [7, 11) is -3.98. The monoisotopic (exact) mass is 367 g/mol. The van der Waals surface area contributed by atoms with Crippen LogP contribution in [-0.2, 0) is 19.6 Å². The van der Waals surface area contributed by atoms with Crippen LogP contribution in [0.25, 0.3) is 0 Å². The fourth-order valence-electron chi connectivity index (χ4n) is 1.97. The van der Waals surface area contributed by atoms with Gasteiger partial charge in [0.05, 0.1) is 10.5 Å². The van der Waals surface area contributed by atoms with E-state index in [2.05, 4.69) is 10.5 Å². The Labute approximate surface area is 144 Å². The number of nitrogens with zero attached hydrogens (tertiary/aromatic N) is 1. The smallest absolute Gasteiger partial charge is 0.338 e. The first-order chi connectivity index (χ1) is 11.6. The molecule has 3 N–H and O–H groups in total. The van der Waals surface area contributed by atoms with E-state index in [0.717, 1.165) is 6.07 Å². The zero-order valence-corrected chi connectivity index (χ0v) is 14.6. The molecular weight excluding hydrogens is 350 g/mol. The molecule has 1 heterocycles. The largest absolute Gasteiger partial charge is 0.449 e. The number of ether oxygens (including phenoxy) is 1. The van der Waals surface area contributed by atoms with Crippen LogP contribution in [0, 0.1) is 13.8 Å². The average molecular weight is 367 g/mol. The molecule has 0 spiro atoms. The van der Waals surface area contributed by atoms with Crippen LogP contribution in [-0.4, -0.2) is 31.6 Å². The minimum atomic E-state index is -3.98. The van der Waals surface area contributed by atoms with Gasteiger partial charge in [-0.2, -0.15) is 0 Å². The molecule has 0 saturated carbocycles. The van der Waals surface area contributed by atoms with Crippen molar-refractivity contribution in [2.24, 2.45) is 5.14 Å². The minimum absolute atomic E-state index is 0.0356. The topological polar surface area (TPSA) is 142 Å². The van der Waals surface area contributed by atoms with Crippen molar-refractivity contribution in [3.8, 4) is 0 Å². The van der Waals surface area contributed by atoms with Crippen molar-refractivity contribution in [2.45, 2.75) is 31.8 Å². The maximum absolute atomic E-state index is 12.1. The highest BCUT2D eigenvalue weighted by molar-refractivity contribution is 7.89. The van der Waals surface area contributed by atoms with E-state index in [1.165, 1.54) is 25.1 Å². The van der Waals surface area contributed by atoms with Gasteiger partial charge in [0, 0.05) is 6.07 Å². The van der Waals surface area contributed by atoms with Gasteiger partial charge in [-0.05, 0) is 38.5 Å². The zero-order chi connectivity index (χ0) is 18.8. The molecule has 9 nitrogen and oxygen atoms in total. The third-order valence-corrected chi connectivity index (χ3v) is 4.32. The van der Waals surface area contributed by atoms with Crippen LogP contribution in [0.5, 0.6) is 0 Å². The number of sulfonamides is 1. The fourth-order valence-corrected chi connectivity index (χ4v) is 2.78. The standard InChI is InChI=1S/C15H17N3O6S/c1-8-4-5-11(7-12(8)25(16,21)22)15(20)23-10(3)14(19)17-13-6-9(2)24-18-13/h4-7,10H,1-3H3,(H2,16,21,22)(H,17,18,19)/t10-/m0/s1. The number of carbonyl (C=O) groups excluding carboxylic acids is 2. The number of carbonyl (C=O) groups is 2. The van der Waals surface area contributed by atoms with Crippen molar-refractivity contribution in [2.75, 3.05) is 5.32 Å². The molecule has 134 valence electrons. The molecule has 0 fully saturated rings. The summed E-state index contributed by atoms with van der Waals surface area (Å²) >= 11 is 0. The van der Waals surface area contributed by atoms with Gasteiger partial charge in [-0.3, -0.25) is 4.79 Å². The summed E-state index contributed by atoms with van der Waals surface area (Å²) in [6, 6.07) is 5.43. The van der Waals surface area contributed by atoms with E-state index >= 15 is 0 Å². The lowest BCUT2D eigenvalue weighted by molar-refractivity contribution is -0.123. The number of aryl methyl sites for hydroxylation is 2. The van der Waals surface area contributed by atoms with E-state index in [4.69, 9.17) is 14.4 Å². The summed E-state index contributed by atoms with van der Waals surface area (Å²) in [5.74, 6) is -0.767. The lowest BCUT2D eigenvalue weighted by Gasteiger charge is -2.13. The second-order valence-electron chi connectivity index (χ2n) is 5.38. The van der Waals surface area contributed by atoms with Crippen LogP contribution in [0.15, 0.2) is 33.7 Å². The van der Waals surface area contributed by atoms with E-state index in [1.807, 2.05) is 0 Å². The van der Waals surface area contributed by atoms with Gasteiger partial charge in [0.25, 0.3) is 5.91 Å². The van der Waals surface area contributed by atoms with Crippen molar-refractivity contribution < 1.29 is 27.3 Å². The third kappa shape index (κ3) is 4.64. The summed E-state index contributed by atoms with van der Waals surface area (Å²) in [5, 5.41) is 11.1. The Balaban J connectivity index is 2.09. The number of amides is 1. The molecule has 2 rings (SSSR count). The van der Waals surface area contributed by atoms with Gasteiger partial charge in [0.15, 0.2) is 11.9 Å². The third-order valence-electron chi connectivity index (χ3n) is 3.26. The van der Waals surface area contributed by atoms with Gasteiger partial charge in [-0.1, -0.05) is 11.2 Å². The Hall–Kier alpha value is -2.72. The molecule has 1 amide bonds. The number of nitrogens with one attached hydrogen (secondary N) is 1. The van der Waals surface area contributed by atoms with Gasteiger partial charge >= 0.3 is 5.97 Å². The molecule has 0 bridgehead atoms. The summed E-state index contributed by atoms with van der Waals surface area (Å²) in [5.41, 5.74) is 0.359. The highest BCUT2D eigenvalue weighted by atomic mass is 32.2. The highest BCUT2D eigenvalue weighted by Gasteiger charge is 2.22. The summed E-state index contributed by atoms with van der Waals surface area (Å²) in [6.45, 7) is 4.58. The van der Waals surface area contributed by atoms with Crippen LogP contribution in [0.4, 0.5) is 5.82 Å². The van der Waals surface area contributed by atoms with E-state index in [0.29, 0.717) is 11.3 Å². The number of aromatic nitrogens is 1. The predicted molar refractivity (Wildman–Crippen MR) is 87.3 cm³/mol. The van der Waals surface area contributed by atoms with Crippen LogP contribution >= 0.6 is 0 Å². The van der Waals surface area contributed by atoms with Gasteiger partial charge in [-0.25, -0.2) is 18.4 Å². The van der Waals surface area contributed by atoms with Gasteiger partial charge in [-0.15, -0.1) is 0 Å². The number of hydrogen-bond acceptors (Lipinski definition) is 7. The molecule has 25 heavy (non-hydrogen) atoms. The number of primary sulfonamides is 1. The molecule has 0 aliphatic carbocycles. The SMILES string of the molecule is Cc1cc(NC(=O)[C@H](C)OC(=O)c2ccc(C)c(S(N)(=O)=O)c2)no1. The molecule has 0 unspecified atom stereocenters. The first-order valence-electron chi connectivity index (χ1n) is 7.16. The maximum Gasteiger partial charge on any atom is 0.338 e. The number of anilines is 1. The van der Waals surface area contributed by atoms with Crippen molar-refractivity contribution >= 4 is 27.7 Å². The predicted octanol–water partition coefficient (Wildman–Crippen LogP) is 1.12. The quantitative estimate of drug-likeness (QED) is 0.754. The molecule has 10 heteroatoms. The van der Waals surface area contributed by atoms with Crippen LogP contribution in [0.3, 0.4) is 0 Å². The number of nitrogens with two attached hydrogens (primary N) is 1. The Kier molecular flexibility index (Phi) is 5.24. The van der Waals surface area contributed by atoms with E-state index < -0.39 is 28.0 Å². The normalized spacial score (nSPS) is 12.5. The van der Waals surface area contributed by atoms with Gasteiger partial charge in [0.1, 0.15) is 5.76 Å². The summed E-state index contributed by atoms with van der Waals surface area (Å²) in [4.78, 5) is 23.9. The second-order valence-corrected chi connectivity index (χ2v) is 6.91. The Morgan fingerprint density at radius 3 is 2.52 bits per heavy atom. The van der Waals surface area contributed by atoms with Crippen LogP contribution in [0.1, 0.15) is 28.6 Å². The molecular formula is C15H17N3O6S. The van der Waals surface area contributed by atoms with E-state index in [9.17, 15) is 18.0 Å². The van der Waals surface area contributed by atoms with Crippen LogP contribution in [0.2, 0.25) is 0 Å². The lowest BCUT2D eigenvalue weighted by Crippen LogP contribution is -2.30. The zero-order valence-electron chi connectivity index (χ0n) is 13.8. The average Bonchev–Trinajstić information content (AvgIpc) is 2.91. The second kappa shape index (κ2) is 7.03. The Morgan fingerprint density at radius 2 is 1.96 bits per heavy atom. The maximum atomic E-state index is 12.1. The van der Waals surface area contributed by atoms with E-state index in [1.54, 1.807) is 13.8 Å². The summed E-state index contributed by atoms with van der Waals surface area (Å²) in [6.07, 6.45) is -1.14. The fraction of sp³-hybridized carbons (Fsp3) is 0.267. The van der Waals surface area contributed by atoms with Gasteiger partial charge in [0.2, 0.25) is 10.0 Å². The van der Waals surface area contributed by atoms with Crippen molar-refractivity contribution in [1.29, 1.82) is 0 Å². The number of hydrogen-bond donors (Lipinski definition) is 2. The molecule has 0 saturated heterocycles. The van der Waals surface area contributed by atoms with Crippen molar-refractivity contribution in [3.63, 3.8) is 0 Å². The molecule has 1 aromatic heterocycles. The molecule has 0 radical (unpaired) electrons. The number of esters is 1. The first kappa shape index (κ1) is 18.6. The van der Waals surface area contributed by atoms with Crippen molar-refractivity contribution in [1.82, 2.24) is 5.16 Å². The highest BCUT2D eigenvalue weighted by Crippen LogP contribution is 2.17. The molecule has 0 aliphatic heterocycles. The molecule has 0 aliphatic rings.